The maximum Gasteiger partial charge on any atom is 0.144 e. The molecule has 0 radical (unpaired) electrons. The third-order valence-electron chi connectivity index (χ3n) is 8.19. The average molecular weight is 740 g/mol. The fourth-order valence-electron chi connectivity index (χ4n) is 6.62. The number of ether oxygens (including phenoxy) is 8. The number of hydrogen-bond acceptors (Lipinski definition) is 17. The van der Waals surface area contributed by atoms with Crippen LogP contribution in [0.4, 0.5) is 0 Å². The molecule has 0 aliphatic carbocycles. The Bertz CT molecular complexity index is 1140. The summed E-state index contributed by atoms with van der Waals surface area (Å²) in [4.78, 5) is 33.5. The van der Waals surface area contributed by atoms with Gasteiger partial charge in [0.25, 0.3) is 0 Å². The molecule has 278 valence electrons. The maximum atomic E-state index is 11.3. The van der Waals surface area contributed by atoms with E-state index in [2.05, 4.69) is 0 Å². The summed E-state index contributed by atoms with van der Waals surface area (Å²) < 4.78 is 91.8. The molecule has 0 spiro atoms. The highest BCUT2D eigenvalue weighted by molar-refractivity contribution is 7.50. The lowest BCUT2D eigenvalue weighted by molar-refractivity contribution is -0.217. The molecule has 0 amide bonds. The highest BCUT2D eigenvalue weighted by atomic mass is 31.2. The van der Waals surface area contributed by atoms with Gasteiger partial charge in [-0.2, -0.15) is 0 Å². The van der Waals surface area contributed by atoms with E-state index in [-0.39, 0.29) is 43.2 Å². The molecule has 20 heteroatoms. The van der Waals surface area contributed by atoms with Gasteiger partial charge in [0.2, 0.25) is 0 Å². The van der Waals surface area contributed by atoms with Crippen molar-refractivity contribution in [1.82, 2.24) is 0 Å². The van der Waals surface area contributed by atoms with Crippen molar-refractivity contribution in [3.8, 4) is 0 Å². The minimum Gasteiger partial charge on any atom is -0.779 e. The van der Waals surface area contributed by atoms with E-state index in [1.165, 1.54) is 7.11 Å². The molecule has 0 N–H and O–H groups in total. The quantitative estimate of drug-likeness (QED) is 0.245. The minimum atomic E-state index is -3.83. The summed E-state index contributed by atoms with van der Waals surface area (Å²) in [5.41, 5.74) is -1.48. The lowest BCUT2D eigenvalue weighted by Crippen LogP contribution is -2.53. The Kier molecular flexibility index (Phi) is 14.7. The van der Waals surface area contributed by atoms with Crippen molar-refractivity contribution >= 4 is 22.8 Å². The SMILES string of the molecule is COC[C@@]12CCOC([C@H](C)O1)[C@H]2OP(C)(=O)[O-].COC[C@@]12COC([C@H](C)O1)[C@H]2OP(C)(=O)[O-].COC[C@H]1O[C@@H](C)C[C@H]1OP(C)(=O)[O-]. The van der Waals surface area contributed by atoms with Crippen LogP contribution in [-0.4, -0.2) is 140 Å². The Labute approximate surface area is 276 Å². The van der Waals surface area contributed by atoms with Crippen molar-refractivity contribution in [1.29, 1.82) is 0 Å². The third-order valence-corrected chi connectivity index (χ3v) is 10.1. The van der Waals surface area contributed by atoms with Gasteiger partial charge in [0, 0.05) is 54.2 Å². The minimum absolute atomic E-state index is 0.0201. The van der Waals surface area contributed by atoms with E-state index in [4.69, 9.17) is 51.5 Å². The Balaban J connectivity index is 0.000000193. The molecular weight excluding hydrogens is 689 g/mol. The molecule has 0 aromatic carbocycles. The van der Waals surface area contributed by atoms with Crippen LogP contribution < -0.4 is 14.7 Å². The molecule has 0 aromatic rings. The van der Waals surface area contributed by atoms with Gasteiger partial charge in [0.05, 0.1) is 57.5 Å². The van der Waals surface area contributed by atoms with Gasteiger partial charge in [-0.1, -0.05) is 0 Å². The molecule has 5 unspecified atom stereocenters. The molecule has 5 fully saturated rings. The maximum absolute atomic E-state index is 11.3. The molecule has 4 bridgehead atoms. The van der Waals surface area contributed by atoms with Gasteiger partial charge in [-0.25, -0.2) is 0 Å². The predicted molar refractivity (Wildman–Crippen MR) is 160 cm³/mol. The van der Waals surface area contributed by atoms with Crippen LogP contribution >= 0.6 is 22.8 Å². The van der Waals surface area contributed by atoms with Crippen LogP contribution in [0, 0.1) is 0 Å². The zero-order chi connectivity index (χ0) is 35.4. The zero-order valence-electron chi connectivity index (χ0n) is 28.4. The van der Waals surface area contributed by atoms with Gasteiger partial charge in [0.1, 0.15) is 64.5 Å². The van der Waals surface area contributed by atoms with E-state index in [0.29, 0.717) is 39.3 Å². The highest BCUT2D eigenvalue weighted by Gasteiger charge is 2.62. The molecule has 0 aromatic heterocycles. The largest absolute Gasteiger partial charge is 0.779 e. The molecule has 5 saturated heterocycles. The van der Waals surface area contributed by atoms with Gasteiger partial charge in [-0.15, -0.1) is 0 Å². The first-order valence-corrected chi connectivity index (χ1v) is 21.3. The Morgan fingerprint density at radius 2 is 1.21 bits per heavy atom. The summed E-state index contributed by atoms with van der Waals surface area (Å²) in [5, 5.41) is 0. The predicted octanol–water partition coefficient (Wildman–Crippen LogP) is 0.284. The van der Waals surface area contributed by atoms with Crippen molar-refractivity contribution in [2.75, 3.05) is 74.4 Å². The van der Waals surface area contributed by atoms with Crippen LogP contribution in [-0.2, 0) is 65.2 Å². The Hall–Kier alpha value is 0.130. The molecule has 5 heterocycles. The second-order valence-corrected chi connectivity index (χ2v) is 17.9. The van der Waals surface area contributed by atoms with Crippen molar-refractivity contribution in [3.63, 3.8) is 0 Å². The van der Waals surface area contributed by atoms with Crippen LogP contribution in [0.2, 0.25) is 0 Å². The van der Waals surface area contributed by atoms with Crippen LogP contribution in [0.3, 0.4) is 0 Å². The monoisotopic (exact) mass is 739 g/mol. The van der Waals surface area contributed by atoms with Gasteiger partial charge in [0.15, 0.2) is 0 Å². The van der Waals surface area contributed by atoms with Crippen LogP contribution in [0.25, 0.3) is 0 Å². The molecule has 5 aliphatic heterocycles. The van der Waals surface area contributed by atoms with Crippen LogP contribution in [0.15, 0.2) is 0 Å². The molecule has 0 saturated carbocycles. The van der Waals surface area contributed by atoms with Gasteiger partial charge in [-0.3, -0.25) is 0 Å². The Morgan fingerprint density at radius 3 is 1.70 bits per heavy atom. The van der Waals surface area contributed by atoms with Crippen LogP contribution in [0.5, 0.6) is 0 Å². The van der Waals surface area contributed by atoms with E-state index < -0.39 is 52.3 Å². The first-order chi connectivity index (χ1) is 21.7. The van der Waals surface area contributed by atoms with Gasteiger partial charge in [-0.05, 0) is 20.8 Å². The number of hydrogen-bond donors (Lipinski definition) is 0. The zero-order valence-corrected chi connectivity index (χ0v) is 31.1. The fraction of sp³-hybridized carbons (Fsp3) is 1.00. The Morgan fingerprint density at radius 1 is 0.723 bits per heavy atom. The molecule has 47 heavy (non-hydrogen) atoms. The summed E-state index contributed by atoms with van der Waals surface area (Å²) >= 11 is 0. The lowest BCUT2D eigenvalue weighted by atomic mass is 9.90. The summed E-state index contributed by atoms with van der Waals surface area (Å²) in [5.74, 6) is 0. The summed E-state index contributed by atoms with van der Waals surface area (Å²) in [6.07, 6.45) is -1.76. The van der Waals surface area contributed by atoms with E-state index in [9.17, 15) is 28.4 Å². The van der Waals surface area contributed by atoms with Gasteiger partial charge >= 0.3 is 0 Å². The molecule has 14 atom stereocenters. The van der Waals surface area contributed by atoms with Crippen LogP contribution in [0.1, 0.15) is 33.6 Å². The first kappa shape index (κ1) is 41.5. The van der Waals surface area contributed by atoms with E-state index in [1.54, 1.807) is 14.2 Å². The second-order valence-electron chi connectivity index (χ2n) is 12.7. The van der Waals surface area contributed by atoms with Crippen molar-refractivity contribution in [2.45, 2.75) is 99.8 Å². The summed E-state index contributed by atoms with van der Waals surface area (Å²) in [6.45, 7) is 10.5. The molecular formula is C27H50O17P3-3. The number of methoxy groups -OCH3 is 3. The average Bonchev–Trinajstić information content (AvgIpc) is 3.53. The van der Waals surface area contributed by atoms with E-state index in [1.807, 2.05) is 20.8 Å². The van der Waals surface area contributed by atoms with E-state index >= 15 is 0 Å². The number of fused-ring (bicyclic) bond motifs is 4. The highest BCUT2D eigenvalue weighted by Crippen LogP contribution is 2.49. The normalized spacial score (nSPS) is 42.8. The van der Waals surface area contributed by atoms with Crippen molar-refractivity contribution in [2.24, 2.45) is 0 Å². The number of rotatable bonds is 12. The third kappa shape index (κ3) is 11.3. The van der Waals surface area contributed by atoms with Crippen molar-refractivity contribution < 1.29 is 79.8 Å². The van der Waals surface area contributed by atoms with Crippen molar-refractivity contribution in [3.05, 3.63) is 0 Å². The standard InChI is InChI=1S/C10H19O6P.C9H17O6P.C8H17O5P/c1-7-8-9(16-17(3,11)12)10(15-7,6-13-2)4-5-14-8;1-6-7-8(15-16(3,10)11)9(14-6,4-12-2)5-13-7;1-6-4-7(13-14(3,9)10)8(12-6)5-11-2/h7-9H,4-6H2,1-3H3,(H,11,12);6-8H,4-5H2,1-3H3,(H,10,11);6-8H,4-5H2,1-3H3,(H,9,10)/p-3/t7-,8?,9+,10+;6-,7?,8+,9-;6-,7+,8+/m000/s1. The van der Waals surface area contributed by atoms with E-state index in [0.717, 1.165) is 20.0 Å². The summed E-state index contributed by atoms with van der Waals surface area (Å²) in [6, 6.07) is 0. The smallest absolute Gasteiger partial charge is 0.144 e. The molecule has 17 nitrogen and oxygen atoms in total. The summed E-state index contributed by atoms with van der Waals surface area (Å²) in [7, 11) is -6.68. The molecule has 5 rings (SSSR count). The van der Waals surface area contributed by atoms with Gasteiger partial charge < -0.3 is 79.8 Å². The first-order valence-electron chi connectivity index (χ1n) is 15.3. The topological polar surface area (TPSA) is 222 Å². The fourth-order valence-corrected chi connectivity index (χ4v) is 8.78. The lowest BCUT2D eigenvalue weighted by Gasteiger charge is -2.40. The molecule has 5 aliphatic rings. The second kappa shape index (κ2) is 16.6.